The fourth-order valence-corrected chi connectivity index (χ4v) is 6.04. The average molecular weight is 502 g/mol. The molecule has 3 heterocycles. The predicted molar refractivity (Wildman–Crippen MR) is 121 cm³/mol. The van der Waals surface area contributed by atoms with Crippen molar-refractivity contribution >= 4 is 28.7 Å². The molecule has 1 amide bonds. The number of alkyl halides is 3. The number of aliphatic hydroxyl groups is 1. The number of carbonyl (C=O) groups is 1. The second-order valence-corrected chi connectivity index (χ2v) is 10.5. The summed E-state index contributed by atoms with van der Waals surface area (Å²) in [6, 6.07) is 0. The molecule has 12 heteroatoms. The zero-order valence-corrected chi connectivity index (χ0v) is 20.4. The van der Waals surface area contributed by atoms with Crippen molar-refractivity contribution in [2.45, 2.75) is 68.9 Å². The van der Waals surface area contributed by atoms with Gasteiger partial charge in [0, 0.05) is 37.7 Å². The van der Waals surface area contributed by atoms with E-state index in [1.165, 1.54) is 34.5 Å². The highest BCUT2D eigenvalue weighted by molar-refractivity contribution is 7.98. The third kappa shape index (κ3) is 4.34. The first-order chi connectivity index (χ1) is 15.9. The van der Waals surface area contributed by atoms with E-state index in [1.54, 1.807) is 11.7 Å². The number of nitrogens with zero attached hydrogens (tertiary/aromatic N) is 5. The summed E-state index contributed by atoms with van der Waals surface area (Å²) in [5.41, 5.74) is -1.79. The normalized spacial score (nSPS) is 23.7. The Morgan fingerprint density at radius 2 is 1.97 bits per heavy atom. The van der Waals surface area contributed by atoms with E-state index in [-0.39, 0.29) is 31.6 Å². The Morgan fingerprint density at radius 1 is 1.29 bits per heavy atom. The molecule has 0 aromatic carbocycles. The number of fused-ring (bicyclic) bond motifs is 1. The SMILES string of the molecule is CSc1ncc2c(=O)n(CC3(O)CCN(C(=O)[C@H](C)CC(F)(F)F)CC34CCCC4)n(C)c2n1. The minimum Gasteiger partial charge on any atom is -0.387 e. The molecule has 8 nitrogen and oxygen atoms in total. The summed E-state index contributed by atoms with van der Waals surface area (Å²) in [7, 11) is 1.71. The molecule has 1 saturated heterocycles. The molecule has 1 unspecified atom stereocenters. The lowest BCUT2D eigenvalue weighted by atomic mass is 9.65. The quantitative estimate of drug-likeness (QED) is 0.500. The van der Waals surface area contributed by atoms with Crippen LogP contribution in [-0.2, 0) is 18.4 Å². The molecule has 0 bridgehead atoms. The zero-order chi connectivity index (χ0) is 24.9. The number of amides is 1. The Kier molecular flexibility index (Phi) is 6.52. The molecule has 2 aromatic rings. The van der Waals surface area contributed by atoms with Gasteiger partial charge in [0.1, 0.15) is 5.39 Å². The van der Waals surface area contributed by atoms with Crippen LogP contribution in [0.15, 0.2) is 16.1 Å². The maximum Gasteiger partial charge on any atom is 0.389 e. The molecule has 188 valence electrons. The van der Waals surface area contributed by atoms with Crippen LogP contribution in [0.5, 0.6) is 0 Å². The van der Waals surface area contributed by atoms with Crippen LogP contribution in [0, 0.1) is 11.3 Å². The van der Waals surface area contributed by atoms with Gasteiger partial charge in [0.15, 0.2) is 10.8 Å². The highest BCUT2D eigenvalue weighted by Crippen LogP contribution is 2.52. The predicted octanol–water partition coefficient (Wildman–Crippen LogP) is 2.96. The van der Waals surface area contributed by atoms with Crippen LogP contribution in [0.4, 0.5) is 13.2 Å². The molecular formula is C22H30F3N5O3S. The summed E-state index contributed by atoms with van der Waals surface area (Å²) in [6.45, 7) is 1.67. The van der Waals surface area contributed by atoms with E-state index in [0.29, 0.717) is 29.0 Å². The van der Waals surface area contributed by atoms with Gasteiger partial charge in [0.05, 0.1) is 18.6 Å². The standard InChI is InChI=1S/C22H30F3N5O3S/c1-14(10-22(23,24)25)17(31)29-9-8-21(33,20(12-29)6-4-5-7-20)13-30-18(32)15-11-26-19(34-3)27-16(15)28(30)2/h11,14,33H,4-10,12-13H2,1-3H3/t14-,21?/m1/s1. The van der Waals surface area contributed by atoms with E-state index in [9.17, 15) is 27.9 Å². The average Bonchev–Trinajstić information content (AvgIpc) is 3.34. The van der Waals surface area contributed by atoms with Crippen molar-refractivity contribution < 1.29 is 23.1 Å². The molecule has 1 N–H and O–H groups in total. The lowest BCUT2D eigenvalue weighted by Crippen LogP contribution is -2.62. The van der Waals surface area contributed by atoms with E-state index < -0.39 is 35.4 Å². The summed E-state index contributed by atoms with van der Waals surface area (Å²) in [5.74, 6) is -1.71. The number of halogens is 3. The van der Waals surface area contributed by atoms with E-state index in [2.05, 4.69) is 9.97 Å². The molecule has 1 aliphatic heterocycles. The maximum atomic E-state index is 13.1. The number of hydrogen-bond donors (Lipinski definition) is 1. The number of likely N-dealkylation sites (tertiary alicyclic amines) is 1. The van der Waals surface area contributed by atoms with Gasteiger partial charge in [-0.05, 0) is 25.5 Å². The first-order valence-corrected chi connectivity index (χ1v) is 12.7. The van der Waals surface area contributed by atoms with Crippen LogP contribution < -0.4 is 5.56 Å². The van der Waals surface area contributed by atoms with Crippen molar-refractivity contribution in [3.8, 4) is 0 Å². The van der Waals surface area contributed by atoms with Gasteiger partial charge in [-0.25, -0.2) is 14.6 Å². The number of aromatic nitrogens is 4. The first kappa shape index (κ1) is 25.0. The number of aryl methyl sites for hydroxylation is 1. The summed E-state index contributed by atoms with van der Waals surface area (Å²) >= 11 is 1.36. The van der Waals surface area contributed by atoms with Crippen LogP contribution in [0.3, 0.4) is 0 Å². The van der Waals surface area contributed by atoms with E-state index in [4.69, 9.17) is 0 Å². The van der Waals surface area contributed by atoms with Crippen molar-refractivity contribution in [1.82, 2.24) is 24.2 Å². The van der Waals surface area contributed by atoms with Gasteiger partial charge in [-0.15, -0.1) is 0 Å². The van der Waals surface area contributed by atoms with Gasteiger partial charge in [-0.1, -0.05) is 31.5 Å². The maximum absolute atomic E-state index is 13.1. The molecule has 2 fully saturated rings. The molecule has 1 spiro atoms. The lowest BCUT2D eigenvalue weighted by Gasteiger charge is -2.52. The number of hydrogen-bond acceptors (Lipinski definition) is 6. The zero-order valence-electron chi connectivity index (χ0n) is 19.6. The second kappa shape index (κ2) is 8.85. The number of thioether (sulfide) groups is 1. The summed E-state index contributed by atoms with van der Waals surface area (Å²) < 4.78 is 41.6. The van der Waals surface area contributed by atoms with Crippen LogP contribution in [-0.4, -0.2) is 66.4 Å². The second-order valence-electron chi connectivity index (χ2n) is 9.73. The molecule has 2 atom stereocenters. The molecule has 1 saturated carbocycles. The summed E-state index contributed by atoms with van der Waals surface area (Å²) in [5, 5.41) is 12.8. The molecule has 34 heavy (non-hydrogen) atoms. The first-order valence-electron chi connectivity index (χ1n) is 11.4. The highest BCUT2D eigenvalue weighted by atomic mass is 32.2. The summed E-state index contributed by atoms with van der Waals surface area (Å²) in [4.78, 5) is 36.1. The Hall–Kier alpha value is -2.08. The van der Waals surface area contributed by atoms with Crippen LogP contribution in [0.1, 0.15) is 45.4 Å². The minimum absolute atomic E-state index is 0.0213. The molecule has 0 radical (unpaired) electrons. The van der Waals surface area contributed by atoms with Gasteiger partial charge in [0.25, 0.3) is 5.56 Å². The van der Waals surface area contributed by atoms with Crippen molar-refractivity contribution in [2.75, 3.05) is 19.3 Å². The van der Waals surface area contributed by atoms with Crippen molar-refractivity contribution in [2.24, 2.45) is 18.4 Å². The molecule has 4 rings (SSSR count). The Bertz CT molecular complexity index is 1140. The van der Waals surface area contributed by atoms with E-state index >= 15 is 0 Å². The Balaban J connectivity index is 1.63. The van der Waals surface area contributed by atoms with Crippen LogP contribution in [0.2, 0.25) is 0 Å². The van der Waals surface area contributed by atoms with Crippen LogP contribution >= 0.6 is 11.8 Å². The number of rotatable bonds is 5. The van der Waals surface area contributed by atoms with E-state index in [1.807, 2.05) is 6.26 Å². The van der Waals surface area contributed by atoms with Gasteiger partial charge >= 0.3 is 6.18 Å². The smallest absolute Gasteiger partial charge is 0.387 e. The summed E-state index contributed by atoms with van der Waals surface area (Å²) in [6.07, 6.45) is 0.956. The van der Waals surface area contributed by atoms with Gasteiger partial charge in [-0.3, -0.25) is 14.3 Å². The fraction of sp³-hybridized carbons (Fsp3) is 0.727. The molecule has 2 aromatic heterocycles. The lowest BCUT2D eigenvalue weighted by molar-refractivity contribution is -0.173. The van der Waals surface area contributed by atoms with Gasteiger partial charge in [0.2, 0.25) is 5.91 Å². The van der Waals surface area contributed by atoms with E-state index in [0.717, 1.165) is 12.8 Å². The third-order valence-corrected chi connectivity index (χ3v) is 8.14. The molecular weight excluding hydrogens is 471 g/mol. The number of carbonyl (C=O) groups excluding carboxylic acids is 1. The largest absolute Gasteiger partial charge is 0.389 e. The highest BCUT2D eigenvalue weighted by Gasteiger charge is 2.56. The Labute approximate surface area is 199 Å². The molecule has 1 aliphatic carbocycles. The van der Waals surface area contributed by atoms with Crippen molar-refractivity contribution in [3.63, 3.8) is 0 Å². The third-order valence-electron chi connectivity index (χ3n) is 7.58. The minimum atomic E-state index is -4.41. The monoisotopic (exact) mass is 501 g/mol. The molecule has 2 aliphatic rings. The fourth-order valence-electron chi connectivity index (χ4n) is 5.70. The van der Waals surface area contributed by atoms with Crippen LogP contribution in [0.25, 0.3) is 11.0 Å². The van der Waals surface area contributed by atoms with Crippen molar-refractivity contribution in [3.05, 3.63) is 16.6 Å². The van der Waals surface area contributed by atoms with Crippen molar-refractivity contribution in [1.29, 1.82) is 0 Å². The topological polar surface area (TPSA) is 93.3 Å². The van der Waals surface area contributed by atoms with Gasteiger partial charge < -0.3 is 10.0 Å². The number of piperidine rings is 1. The Morgan fingerprint density at radius 3 is 2.59 bits per heavy atom. The van der Waals surface area contributed by atoms with Gasteiger partial charge in [-0.2, -0.15) is 13.2 Å².